The highest BCUT2D eigenvalue weighted by Crippen LogP contribution is 2.19. The summed E-state index contributed by atoms with van der Waals surface area (Å²) in [5.41, 5.74) is 6.87. The van der Waals surface area contributed by atoms with Crippen LogP contribution in [-0.2, 0) is 25.6 Å². The number of rotatable bonds is 9. The van der Waals surface area contributed by atoms with E-state index >= 15 is 0 Å². The Morgan fingerprint density at radius 1 is 1.24 bits per heavy atom. The van der Waals surface area contributed by atoms with Gasteiger partial charge >= 0.3 is 5.97 Å². The van der Waals surface area contributed by atoms with Crippen LogP contribution in [0, 0.1) is 0 Å². The second-order valence-corrected chi connectivity index (χ2v) is 7.21. The van der Waals surface area contributed by atoms with Crippen LogP contribution in [0.25, 0.3) is 0 Å². The minimum absolute atomic E-state index is 0.0442. The number of nitrogens with two attached hydrogens (primary N) is 1. The summed E-state index contributed by atoms with van der Waals surface area (Å²) in [6.45, 7) is -0.168. The van der Waals surface area contributed by atoms with Gasteiger partial charge in [-0.05, 0) is 24.8 Å². The fourth-order valence-corrected chi connectivity index (χ4v) is 3.46. The van der Waals surface area contributed by atoms with E-state index < -0.39 is 48.4 Å². The first-order chi connectivity index (χ1) is 13.8. The summed E-state index contributed by atoms with van der Waals surface area (Å²) in [4.78, 5) is 49.5. The monoisotopic (exact) mass is 422 g/mol. The van der Waals surface area contributed by atoms with Gasteiger partial charge in [0.2, 0.25) is 17.7 Å². The van der Waals surface area contributed by atoms with Crippen LogP contribution in [0.3, 0.4) is 0 Å². The zero-order chi connectivity index (χ0) is 21.4. The lowest BCUT2D eigenvalue weighted by Crippen LogP contribution is -2.56. The molecule has 3 atom stereocenters. The molecule has 1 heterocycles. The van der Waals surface area contributed by atoms with Crippen molar-refractivity contribution in [1.82, 2.24) is 15.5 Å². The van der Waals surface area contributed by atoms with Crippen molar-refractivity contribution in [2.75, 3.05) is 18.8 Å². The number of nitrogens with zero attached hydrogens (tertiary/aromatic N) is 1. The zero-order valence-corrected chi connectivity index (χ0v) is 16.8. The van der Waals surface area contributed by atoms with Crippen molar-refractivity contribution in [2.45, 2.75) is 37.4 Å². The number of carboxylic acid groups (broad SMARTS) is 1. The molecule has 0 saturated carbocycles. The van der Waals surface area contributed by atoms with Gasteiger partial charge in [-0.3, -0.25) is 19.2 Å². The van der Waals surface area contributed by atoms with E-state index in [1.165, 1.54) is 4.90 Å². The minimum atomic E-state index is -1.16. The fraction of sp³-hybridized carbons (Fsp3) is 0.474. The number of thiol groups is 1. The Labute approximate surface area is 174 Å². The van der Waals surface area contributed by atoms with E-state index in [1.54, 1.807) is 0 Å². The van der Waals surface area contributed by atoms with E-state index in [-0.39, 0.29) is 5.75 Å². The Morgan fingerprint density at radius 2 is 1.93 bits per heavy atom. The van der Waals surface area contributed by atoms with Crippen LogP contribution in [0.2, 0.25) is 0 Å². The third-order valence-electron chi connectivity index (χ3n) is 4.68. The summed E-state index contributed by atoms with van der Waals surface area (Å²) in [5.74, 6) is -2.56. The average Bonchev–Trinajstić information content (AvgIpc) is 3.20. The largest absolute Gasteiger partial charge is 0.480 e. The molecule has 0 radical (unpaired) electrons. The van der Waals surface area contributed by atoms with Gasteiger partial charge in [-0.15, -0.1) is 0 Å². The van der Waals surface area contributed by atoms with Gasteiger partial charge in [0.15, 0.2) is 0 Å². The number of hydrogen-bond donors (Lipinski definition) is 5. The molecule has 1 saturated heterocycles. The molecule has 2 rings (SSSR count). The molecule has 10 heteroatoms. The quantitative estimate of drug-likeness (QED) is 0.329. The number of nitrogens with one attached hydrogen (secondary N) is 2. The lowest BCUT2D eigenvalue weighted by Gasteiger charge is -2.28. The predicted molar refractivity (Wildman–Crippen MR) is 109 cm³/mol. The van der Waals surface area contributed by atoms with Crippen LogP contribution >= 0.6 is 12.6 Å². The smallest absolute Gasteiger partial charge is 0.322 e. The van der Waals surface area contributed by atoms with Gasteiger partial charge in [0, 0.05) is 12.3 Å². The van der Waals surface area contributed by atoms with Crippen molar-refractivity contribution in [3.05, 3.63) is 35.9 Å². The predicted octanol–water partition coefficient (Wildman–Crippen LogP) is -0.837. The van der Waals surface area contributed by atoms with Gasteiger partial charge < -0.3 is 26.4 Å². The van der Waals surface area contributed by atoms with Gasteiger partial charge in [-0.2, -0.15) is 12.6 Å². The Hall–Kier alpha value is -2.59. The fourth-order valence-electron chi connectivity index (χ4n) is 3.21. The Bertz CT molecular complexity index is 745. The highest BCUT2D eigenvalue weighted by Gasteiger charge is 2.37. The first-order valence-electron chi connectivity index (χ1n) is 9.34. The van der Waals surface area contributed by atoms with E-state index in [9.17, 15) is 19.2 Å². The lowest BCUT2D eigenvalue weighted by atomic mass is 10.1. The molecular formula is C19H26N4O5S. The summed E-state index contributed by atoms with van der Waals surface area (Å²) >= 11 is 4.16. The number of aliphatic carboxylic acids is 1. The third-order valence-corrected chi connectivity index (χ3v) is 5.05. The number of carbonyl (C=O) groups excluding carboxylic acids is 3. The van der Waals surface area contributed by atoms with Gasteiger partial charge in [0.25, 0.3) is 0 Å². The zero-order valence-electron chi connectivity index (χ0n) is 15.9. The van der Waals surface area contributed by atoms with E-state index in [0.29, 0.717) is 25.8 Å². The standard InChI is InChI=1S/C19H26N4O5S/c20-13(9-12-5-2-1-3-6-12)17(26)22-14(11-29)19(28)23-8-4-7-15(23)18(27)21-10-16(24)25/h1-3,5-6,13-15,29H,4,7-11,20H2,(H,21,27)(H,22,26)(H,24,25). The second-order valence-electron chi connectivity index (χ2n) is 6.84. The second kappa shape index (κ2) is 10.8. The van der Waals surface area contributed by atoms with Crippen LogP contribution in [-0.4, -0.2) is 70.7 Å². The summed E-state index contributed by atoms with van der Waals surface area (Å²) < 4.78 is 0. The van der Waals surface area contributed by atoms with E-state index in [0.717, 1.165) is 5.56 Å². The summed E-state index contributed by atoms with van der Waals surface area (Å²) in [6, 6.07) is 6.76. The number of likely N-dealkylation sites (tertiary alicyclic amines) is 1. The van der Waals surface area contributed by atoms with Gasteiger partial charge in [-0.25, -0.2) is 0 Å². The van der Waals surface area contributed by atoms with Crippen molar-refractivity contribution in [3.8, 4) is 0 Å². The van der Waals surface area contributed by atoms with Crippen LogP contribution < -0.4 is 16.4 Å². The molecule has 3 unspecified atom stereocenters. The van der Waals surface area contributed by atoms with Crippen molar-refractivity contribution in [2.24, 2.45) is 5.73 Å². The molecule has 3 amide bonds. The molecule has 0 aromatic heterocycles. The maximum absolute atomic E-state index is 12.9. The van der Waals surface area contributed by atoms with Crippen molar-refractivity contribution < 1.29 is 24.3 Å². The number of carbonyl (C=O) groups is 4. The summed E-state index contributed by atoms with van der Waals surface area (Å²) in [7, 11) is 0. The third kappa shape index (κ3) is 6.47. The molecule has 1 fully saturated rings. The Kier molecular flexibility index (Phi) is 8.47. The molecule has 0 spiro atoms. The van der Waals surface area contributed by atoms with Crippen LogP contribution in [0.5, 0.6) is 0 Å². The van der Waals surface area contributed by atoms with E-state index in [2.05, 4.69) is 23.3 Å². The first-order valence-corrected chi connectivity index (χ1v) is 9.97. The molecule has 29 heavy (non-hydrogen) atoms. The van der Waals surface area contributed by atoms with Crippen molar-refractivity contribution >= 4 is 36.3 Å². The molecule has 1 aromatic rings. The van der Waals surface area contributed by atoms with Gasteiger partial charge in [0.05, 0.1) is 6.04 Å². The Morgan fingerprint density at radius 3 is 2.55 bits per heavy atom. The summed E-state index contributed by atoms with van der Waals surface area (Å²) in [6.07, 6.45) is 1.36. The maximum Gasteiger partial charge on any atom is 0.322 e. The molecule has 0 bridgehead atoms. The molecule has 5 N–H and O–H groups in total. The Balaban J connectivity index is 1.96. The van der Waals surface area contributed by atoms with E-state index in [4.69, 9.17) is 10.8 Å². The highest BCUT2D eigenvalue weighted by atomic mass is 32.1. The number of hydrogen-bond acceptors (Lipinski definition) is 6. The molecule has 158 valence electrons. The number of benzene rings is 1. The lowest BCUT2D eigenvalue weighted by molar-refractivity contribution is -0.142. The number of carboxylic acids is 1. The maximum atomic E-state index is 12.9. The first kappa shape index (κ1) is 22.7. The summed E-state index contributed by atoms with van der Waals surface area (Å²) in [5, 5.41) is 13.6. The molecule has 1 aliphatic rings. The SMILES string of the molecule is NC(Cc1ccccc1)C(=O)NC(CS)C(=O)N1CCCC1C(=O)NCC(=O)O. The average molecular weight is 423 g/mol. The van der Waals surface area contributed by atoms with Gasteiger partial charge in [-0.1, -0.05) is 30.3 Å². The topological polar surface area (TPSA) is 142 Å². The molecule has 1 aliphatic heterocycles. The minimum Gasteiger partial charge on any atom is -0.480 e. The molecular weight excluding hydrogens is 396 g/mol. The molecule has 9 nitrogen and oxygen atoms in total. The van der Waals surface area contributed by atoms with Crippen LogP contribution in [0.4, 0.5) is 0 Å². The molecule has 1 aromatic carbocycles. The van der Waals surface area contributed by atoms with Gasteiger partial charge in [0.1, 0.15) is 18.6 Å². The van der Waals surface area contributed by atoms with Crippen LogP contribution in [0.1, 0.15) is 18.4 Å². The van der Waals surface area contributed by atoms with Crippen LogP contribution in [0.15, 0.2) is 30.3 Å². The number of amides is 3. The highest BCUT2D eigenvalue weighted by molar-refractivity contribution is 7.80. The van der Waals surface area contributed by atoms with Crippen molar-refractivity contribution in [3.63, 3.8) is 0 Å². The normalized spacial score (nSPS) is 18.0. The van der Waals surface area contributed by atoms with Crippen molar-refractivity contribution in [1.29, 1.82) is 0 Å². The molecule has 0 aliphatic carbocycles. The van der Waals surface area contributed by atoms with E-state index in [1.807, 2.05) is 30.3 Å².